The van der Waals surface area contributed by atoms with Gasteiger partial charge in [-0.3, -0.25) is 14.4 Å². The minimum atomic E-state index is -2.73. The topological polar surface area (TPSA) is 226 Å². The molecular weight excluding hydrogens is 530 g/mol. The van der Waals surface area contributed by atoms with Crippen LogP contribution in [0, 0.1) is 0 Å². The lowest BCUT2D eigenvalue weighted by molar-refractivity contribution is -0.251. The smallest absolute Gasteiger partial charge is 0.202 e. The Morgan fingerprint density at radius 2 is 1.75 bits per heavy atom. The van der Waals surface area contributed by atoms with Gasteiger partial charge in [0, 0.05) is 35.6 Å². The molecule has 2 aromatic carbocycles. The average molecular weight is 560 g/mol. The molecular formula is C27H29NO12. The van der Waals surface area contributed by atoms with Gasteiger partial charge in [-0.2, -0.15) is 0 Å². The summed E-state index contributed by atoms with van der Waals surface area (Å²) >= 11 is 0. The Balaban J connectivity index is 1.72. The molecule has 0 amide bonds. The molecule has 1 heterocycles. The Morgan fingerprint density at radius 3 is 2.38 bits per heavy atom. The Bertz CT molecular complexity index is 1410. The van der Waals surface area contributed by atoms with Crippen molar-refractivity contribution in [1.29, 1.82) is 0 Å². The monoisotopic (exact) mass is 559 g/mol. The molecule has 0 bridgehead atoms. The van der Waals surface area contributed by atoms with Crippen molar-refractivity contribution >= 4 is 17.3 Å². The van der Waals surface area contributed by atoms with Gasteiger partial charge in [-0.1, -0.05) is 12.1 Å². The molecule has 7 atom stereocenters. The van der Waals surface area contributed by atoms with Crippen molar-refractivity contribution < 1.29 is 59.2 Å². The van der Waals surface area contributed by atoms with Crippen molar-refractivity contribution in [1.82, 2.24) is 0 Å². The third kappa shape index (κ3) is 3.93. The lowest BCUT2D eigenvalue weighted by Crippen LogP contribution is -2.53. The molecule has 2 aromatic rings. The minimum Gasteiger partial charge on any atom is -0.507 e. The molecule has 0 saturated carbocycles. The second kappa shape index (κ2) is 9.89. The first-order valence-electron chi connectivity index (χ1n) is 12.5. The van der Waals surface area contributed by atoms with Crippen molar-refractivity contribution in [3.05, 3.63) is 51.6 Å². The van der Waals surface area contributed by atoms with E-state index in [4.69, 9.17) is 19.9 Å². The van der Waals surface area contributed by atoms with Gasteiger partial charge in [0.2, 0.25) is 5.78 Å². The Hall–Kier alpha value is -3.43. The molecule has 0 aromatic heterocycles. The molecule has 13 heteroatoms. The largest absolute Gasteiger partial charge is 0.507 e. The number of fused-ring (bicyclic) bond motifs is 3. The molecule has 2 aliphatic carbocycles. The van der Waals surface area contributed by atoms with Crippen LogP contribution in [0.2, 0.25) is 0 Å². The molecule has 1 saturated heterocycles. The van der Waals surface area contributed by atoms with E-state index in [0.717, 1.165) is 0 Å². The van der Waals surface area contributed by atoms with E-state index >= 15 is 0 Å². The number of phenols is 2. The number of hydrogen-bond acceptors (Lipinski definition) is 13. The maximum absolute atomic E-state index is 13.7. The predicted molar refractivity (Wildman–Crippen MR) is 133 cm³/mol. The number of carbonyl (C=O) groups is 3. The molecule has 0 spiro atoms. The highest BCUT2D eigenvalue weighted by molar-refractivity contribution is 6.31. The van der Waals surface area contributed by atoms with E-state index in [1.165, 1.54) is 25.3 Å². The first kappa shape index (κ1) is 28.1. The van der Waals surface area contributed by atoms with E-state index < -0.39 is 101 Å². The third-order valence-electron chi connectivity index (χ3n) is 7.93. The zero-order valence-electron chi connectivity index (χ0n) is 21.5. The van der Waals surface area contributed by atoms with Crippen molar-refractivity contribution in [2.45, 2.75) is 62.1 Å². The fourth-order valence-electron chi connectivity index (χ4n) is 5.80. The lowest BCUT2D eigenvalue weighted by atomic mass is 9.70. The zero-order chi connectivity index (χ0) is 29.3. The van der Waals surface area contributed by atoms with Crippen LogP contribution < -0.4 is 10.5 Å². The van der Waals surface area contributed by atoms with Crippen LogP contribution in [0.25, 0.3) is 0 Å². The van der Waals surface area contributed by atoms with E-state index in [9.17, 15) is 45.0 Å². The van der Waals surface area contributed by atoms with Crippen LogP contribution in [0.5, 0.6) is 17.2 Å². The Labute approximate surface area is 227 Å². The van der Waals surface area contributed by atoms with Gasteiger partial charge < -0.3 is 50.6 Å². The summed E-state index contributed by atoms with van der Waals surface area (Å²) in [4.78, 5) is 39.8. The second-order valence-electron chi connectivity index (χ2n) is 10.2. The predicted octanol–water partition coefficient (Wildman–Crippen LogP) is -0.508. The van der Waals surface area contributed by atoms with Crippen LogP contribution in [0.1, 0.15) is 74.9 Å². The van der Waals surface area contributed by atoms with Gasteiger partial charge in [0.05, 0.1) is 42.1 Å². The van der Waals surface area contributed by atoms with E-state index in [1.807, 2.05) is 0 Å². The summed E-state index contributed by atoms with van der Waals surface area (Å²) in [5, 5.41) is 64.9. The molecule has 8 N–H and O–H groups in total. The summed E-state index contributed by atoms with van der Waals surface area (Å²) in [5.74, 6) is -4.69. The van der Waals surface area contributed by atoms with Crippen LogP contribution in [-0.4, -0.2) is 91.8 Å². The molecule has 1 unspecified atom stereocenters. The van der Waals surface area contributed by atoms with Gasteiger partial charge in [0.1, 0.15) is 30.0 Å². The highest BCUT2D eigenvalue weighted by Gasteiger charge is 2.55. The average Bonchev–Trinajstić information content (AvgIpc) is 2.93. The molecule has 1 aliphatic heterocycles. The second-order valence-corrected chi connectivity index (χ2v) is 10.2. The van der Waals surface area contributed by atoms with Gasteiger partial charge in [0.15, 0.2) is 23.5 Å². The van der Waals surface area contributed by atoms with Crippen LogP contribution in [0.15, 0.2) is 18.2 Å². The maximum atomic E-state index is 13.7. The highest BCUT2D eigenvalue weighted by Crippen LogP contribution is 2.55. The normalized spacial score (nSPS) is 31.3. The standard InChI is InChI=1S/C27H29NO12/c1-9-21(31)11(28)6-15(39-9)40-13-7-27(37,14(30)8-29)26(36)20-17(13)24(34)19-18(25(20)35)22(32)10-4-3-5-12(38-2)16(10)23(19)33/h3-5,9,11,13,15,21,26,29,31,34-37H,6-8,28H2,1-2H3/t9-,11-,13-,15-,21+,26?,27-/m0/s1. The Morgan fingerprint density at radius 1 is 1.10 bits per heavy atom. The van der Waals surface area contributed by atoms with Gasteiger partial charge in [-0.05, 0) is 13.0 Å². The minimum absolute atomic E-state index is 0.0472. The first-order valence-corrected chi connectivity index (χ1v) is 12.5. The number of phenolic OH excluding ortho intramolecular Hbond substituents is 2. The summed E-state index contributed by atoms with van der Waals surface area (Å²) < 4.78 is 16.9. The van der Waals surface area contributed by atoms with Crippen LogP contribution >= 0.6 is 0 Å². The number of benzene rings is 2. The number of aliphatic hydroxyl groups excluding tert-OH is 3. The molecule has 5 rings (SSSR count). The van der Waals surface area contributed by atoms with Crippen molar-refractivity contribution in [3.8, 4) is 17.2 Å². The fraction of sp³-hybridized carbons (Fsp3) is 0.444. The molecule has 13 nitrogen and oxygen atoms in total. The van der Waals surface area contributed by atoms with Crippen LogP contribution in [-0.2, 0) is 14.3 Å². The van der Waals surface area contributed by atoms with E-state index in [1.54, 1.807) is 6.92 Å². The maximum Gasteiger partial charge on any atom is 0.202 e. The summed E-state index contributed by atoms with van der Waals surface area (Å²) in [6.07, 6.45) is -7.48. The summed E-state index contributed by atoms with van der Waals surface area (Å²) in [5.41, 5.74) is 0.753. The lowest BCUT2D eigenvalue weighted by Gasteiger charge is -2.44. The van der Waals surface area contributed by atoms with E-state index in [2.05, 4.69) is 0 Å². The van der Waals surface area contributed by atoms with Crippen molar-refractivity contribution in [3.63, 3.8) is 0 Å². The first-order chi connectivity index (χ1) is 18.9. The molecule has 40 heavy (non-hydrogen) atoms. The molecule has 3 aliphatic rings. The Kier molecular flexibility index (Phi) is 6.95. The van der Waals surface area contributed by atoms with Gasteiger partial charge in [-0.15, -0.1) is 0 Å². The molecule has 1 fully saturated rings. The van der Waals surface area contributed by atoms with Crippen molar-refractivity contribution in [2.24, 2.45) is 5.73 Å². The third-order valence-corrected chi connectivity index (χ3v) is 7.93. The van der Waals surface area contributed by atoms with Gasteiger partial charge in [-0.25, -0.2) is 0 Å². The van der Waals surface area contributed by atoms with Gasteiger partial charge >= 0.3 is 0 Å². The highest BCUT2D eigenvalue weighted by atomic mass is 16.7. The number of Topliss-reactive ketones (excluding diaryl/α,β-unsaturated/α-hetero) is 1. The van der Waals surface area contributed by atoms with Gasteiger partial charge in [0.25, 0.3) is 0 Å². The summed E-state index contributed by atoms with van der Waals surface area (Å²) in [6, 6.07) is 3.44. The van der Waals surface area contributed by atoms with Crippen LogP contribution in [0.4, 0.5) is 0 Å². The number of carbonyl (C=O) groups excluding carboxylic acids is 3. The SMILES string of the molecule is COc1cccc2c1C(=O)c1c(O)c3c(c(O)c1C2=O)C(O)[C@@](O)(C(=O)CO)C[C@@H]3O[C@H]1C[C@H](N)[C@H](O)[C@H](C)O1. The number of methoxy groups -OCH3 is 1. The summed E-state index contributed by atoms with van der Waals surface area (Å²) in [6.45, 7) is 0.352. The number of ketones is 3. The fourth-order valence-corrected chi connectivity index (χ4v) is 5.80. The number of nitrogens with two attached hydrogens (primary N) is 1. The number of ether oxygens (including phenoxy) is 3. The molecule has 214 valence electrons. The quantitative estimate of drug-likeness (QED) is 0.196. The number of rotatable bonds is 5. The van der Waals surface area contributed by atoms with Crippen LogP contribution in [0.3, 0.4) is 0 Å². The molecule has 0 radical (unpaired) electrons. The number of aliphatic hydroxyl groups is 4. The van der Waals surface area contributed by atoms with Crippen molar-refractivity contribution in [2.75, 3.05) is 13.7 Å². The van der Waals surface area contributed by atoms with E-state index in [0.29, 0.717) is 0 Å². The number of aromatic hydroxyl groups is 2. The number of hydrogen-bond donors (Lipinski definition) is 7. The van der Waals surface area contributed by atoms with E-state index in [-0.39, 0.29) is 28.9 Å². The summed E-state index contributed by atoms with van der Waals surface area (Å²) in [7, 11) is 1.29. The zero-order valence-corrected chi connectivity index (χ0v) is 21.5.